The normalized spacial score (nSPS) is 17.9. The Bertz CT molecular complexity index is 1050. The largest absolute Gasteiger partial charge is 0.394 e. The monoisotopic (exact) mass is 493 g/mol. The van der Waals surface area contributed by atoms with Crippen molar-refractivity contribution in [1.29, 1.82) is 0 Å². The average Bonchev–Trinajstić information content (AvgIpc) is 3.31. The van der Waals surface area contributed by atoms with Crippen LogP contribution in [0.15, 0.2) is 30.3 Å². The molecule has 2 aromatic carbocycles. The predicted octanol–water partition coefficient (Wildman–Crippen LogP) is 4.26. The van der Waals surface area contributed by atoms with Crippen LogP contribution in [0.2, 0.25) is 0 Å². The second-order valence-corrected chi connectivity index (χ2v) is 9.28. The van der Waals surface area contributed by atoms with Crippen LogP contribution < -0.4 is 10.6 Å². The van der Waals surface area contributed by atoms with Gasteiger partial charge < -0.3 is 25.7 Å². The van der Waals surface area contributed by atoms with Gasteiger partial charge in [0, 0.05) is 12.1 Å². The first kappa shape index (κ1) is 27.0. The molecule has 1 saturated heterocycles. The number of halogens is 3. The fourth-order valence-corrected chi connectivity index (χ4v) is 4.59. The average molecular weight is 494 g/mol. The standard InChI is InChI=1S/C24H28F3N3O3.C2H6/c1-15-4-7-19(18(26)10-15)29-21-16(5-6-17(25)20(21)27)22(32)30-12-24(33,13-30)11-28-23(14-31)8-2-3-9-23;1-2/h4-7,10,28-29,31,33H,2-3,8-9,11-14H2,1H3;1-2H3. The second kappa shape index (κ2) is 11.0. The van der Waals surface area contributed by atoms with Crippen molar-refractivity contribution in [3.8, 4) is 0 Å². The third-order valence-electron chi connectivity index (χ3n) is 6.62. The predicted molar refractivity (Wildman–Crippen MR) is 129 cm³/mol. The van der Waals surface area contributed by atoms with Crippen molar-refractivity contribution in [2.24, 2.45) is 0 Å². The summed E-state index contributed by atoms with van der Waals surface area (Å²) >= 11 is 0. The Morgan fingerprint density at radius 3 is 2.31 bits per heavy atom. The van der Waals surface area contributed by atoms with Crippen molar-refractivity contribution in [3.05, 3.63) is 58.9 Å². The molecule has 0 radical (unpaired) electrons. The van der Waals surface area contributed by atoms with Gasteiger partial charge in [0.1, 0.15) is 11.4 Å². The molecule has 1 amide bonds. The van der Waals surface area contributed by atoms with Gasteiger partial charge in [-0.2, -0.15) is 0 Å². The van der Waals surface area contributed by atoms with E-state index in [0.717, 1.165) is 37.8 Å². The summed E-state index contributed by atoms with van der Waals surface area (Å²) in [6.07, 6.45) is 3.65. The third kappa shape index (κ3) is 5.79. The van der Waals surface area contributed by atoms with Gasteiger partial charge in [0.25, 0.3) is 5.91 Å². The van der Waals surface area contributed by atoms with E-state index in [1.54, 1.807) is 13.0 Å². The number of nitrogens with zero attached hydrogens (tertiary/aromatic N) is 1. The minimum absolute atomic E-state index is 0.00231. The van der Waals surface area contributed by atoms with Crippen LogP contribution in [0, 0.1) is 24.4 Å². The Morgan fingerprint density at radius 2 is 1.71 bits per heavy atom. The van der Waals surface area contributed by atoms with Gasteiger partial charge in [0.15, 0.2) is 11.6 Å². The minimum Gasteiger partial charge on any atom is -0.394 e. The van der Waals surface area contributed by atoms with E-state index < -0.39 is 40.2 Å². The van der Waals surface area contributed by atoms with Crippen molar-refractivity contribution in [2.75, 3.05) is 31.6 Å². The fourth-order valence-electron chi connectivity index (χ4n) is 4.59. The van der Waals surface area contributed by atoms with E-state index in [-0.39, 0.29) is 37.5 Å². The van der Waals surface area contributed by atoms with Crippen LogP contribution in [-0.4, -0.2) is 58.4 Å². The number of carbonyl (C=O) groups excluding carboxylic acids is 1. The summed E-state index contributed by atoms with van der Waals surface area (Å²) < 4.78 is 42.8. The smallest absolute Gasteiger partial charge is 0.256 e. The van der Waals surface area contributed by atoms with E-state index in [0.29, 0.717) is 5.56 Å². The lowest BCUT2D eigenvalue weighted by molar-refractivity contribution is -0.0834. The lowest BCUT2D eigenvalue weighted by atomic mass is 9.90. The van der Waals surface area contributed by atoms with Crippen LogP contribution in [0.4, 0.5) is 24.5 Å². The number of β-amino-alcohol motifs (C(OH)–C–C–N with tert-alkyl or cyclic N) is 1. The summed E-state index contributed by atoms with van der Waals surface area (Å²) in [5.41, 5.74) is -1.64. The molecule has 192 valence electrons. The minimum atomic E-state index is -1.29. The molecule has 0 atom stereocenters. The molecule has 2 aromatic rings. The first-order valence-electron chi connectivity index (χ1n) is 12.0. The number of carbonyl (C=O) groups is 1. The first-order valence-corrected chi connectivity index (χ1v) is 12.0. The molecule has 4 rings (SSSR count). The van der Waals surface area contributed by atoms with Crippen molar-refractivity contribution >= 4 is 17.3 Å². The Labute approximate surface area is 204 Å². The number of hydrogen-bond donors (Lipinski definition) is 4. The molecule has 35 heavy (non-hydrogen) atoms. The molecule has 1 aliphatic carbocycles. The lowest BCUT2D eigenvalue weighted by Gasteiger charge is -2.48. The molecule has 2 fully saturated rings. The molecule has 0 bridgehead atoms. The first-order chi connectivity index (χ1) is 16.7. The number of amides is 1. The Balaban J connectivity index is 0.00000167. The molecular weight excluding hydrogens is 459 g/mol. The molecule has 9 heteroatoms. The zero-order valence-electron chi connectivity index (χ0n) is 20.4. The van der Waals surface area contributed by atoms with Crippen molar-refractivity contribution in [2.45, 2.75) is 57.6 Å². The van der Waals surface area contributed by atoms with E-state index in [1.165, 1.54) is 17.0 Å². The second-order valence-electron chi connectivity index (χ2n) is 9.28. The molecule has 1 aliphatic heterocycles. The van der Waals surface area contributed by atoms with Gasteiger partial charge in [-0.05, 0) is 49.6 Å². The molecule has 2 aliphatic rings. The maximum atomic E-state index is 14.6. The molecule has 6 nitrogen and oxygen atoms in total. The zero-order chi connectivity index (χ0) is 25.8. The van der Waals surface area contributed by atoms with E-state index >= 15 is 0 Å². The van der Waals surface area contributed by atoms with Crippen molar-refractivity contribution in [1.82, 2.24) is 10.2 Å². The molecule has 0 aromatic heterocycles. The quantitative estimate of drug-likeness (QED) is 0.463. The van der Waals surface area contributed by atoms with Crippen LogP contribution in [0.1, 0.15) is 55.5 Å². The number of likely N-dealkylation sites (tertiary alicyclic amines) is 1. The molecular formula is C26H34F3N3O3. The number of aliphatic hydroxyl groups is 2. The molecule has 1 saturated carbocycles. The topological polar surface area (TPSA) is 84.8 Å². The molecule has 1 heterocycles. The number of aliphatic hydroxyl groups excluding tert-OH is 1. The van der Waals surface area contributed by atoms with Gasteiger partial charge in [-0.25, -0.2) is 13.2 Å². The van der Waals surface area contributed by atoms with E-state index in [2.05, 4.69) is 10.6 Å². The lowest BCUT2D eigenvalue weighted by Crippen LogP contribution is -2.69. The molecule has 4 N–H and O–H groups in total. The fraction of sp³-hybridized carbons (Fsp3) is 0.500. The van der Waals surface area contributed by atoms with E-state index in [1.807, 2.05) is 13.8 Å². The number of anilines is 2. The molecule has 0 unspecified atom stereocenters. The summed E-state index contributed by atoms with van der Waals surface area (Å²) in [6, 6.07) is 6.22. The van der Waals surface area contributed by atoms with Crippen LogP contribution >= 0.6 is 0 Å². The number of hydrogen-bond acceptors (Lipinski definition) is 5. The van der Waals surface area contributed by atoms with Crippen molar-refractivity contribution in [3.63, 3.8) is 0 Å². The van der Waals surface area contributed by atoms with Crippen LogP contribution in [-0.2, 0) is 0 Å². The summed E-state index contributed by atoms with van der Waals surface area (Å²) in [7, 11) is 0. The van der Waals surface area contributed by atoms with Gasteiger partial charge in [0.05, 0.1) is 36.6 Å². The van der Waals surface area contributed by atoms with Gasteiger partial charge >= 0.3 is 0 Å². The van der Waals surface area contributed by atoms with Gasteiger partial charge in [0.2, 0.25) is 0 Å². The van der Waals surface area contributed by atoms with Crippen molar-refractivity contribution < 1.29 is 28.2 Å². The van der Waals surface area contributed by atoms with Gasteiger partial charge in [-0.3, -0.25) is 4.79 Å². The summed E-state index contributed by atoms with van der Waals surface area (Å²) in [6.45, 7) is 5.87. The maximum Gasteiger partial charge on any atom is 0.256 e. The number of aryl methyl sites for hydroxylation is 1. The number of rotatable bonds is 7. The van der Waals surface area contributed by atoms with E-state index in [9.17, 15) is 28.2 Å². The van der Waals surface area contributed by atoms with Gasteiger partial charge in [-0.1, -0.05) is 32.8 Å². The Hall–Kier alpha value is -2.62. The highest BCUT2D eigenvalue weighted by atomic mass is 19.2. The van der Waals surface area contributed by atoms with Crippen LogP contribution in [0.3, 0.4) is 0 Å². The third-order valence-corrected chi connectivity index (χ3v) is 6.62. The van der Waals surface area contributed by atoms with Crippen LogP contribution in [0.5, 0.6) is 0 Å². The number of nitrogens with one attached hydrogen (secondary N) is 2. The summed E-state index contributed by atoms with van der Waals surface area (Å²) in [4.78, 5) is 14.4. The number of benzene rings is 2. The highest BCUT2D eigenvalue weighted by Crippen LogP contribution is 2.33. The molecule has 0 spiro atoms. The van der Waals surface area contributed by atoms with Crippen LogP contribution in [0.25, 0.3) is 0 Å². The van der Waals surface area contributed by atoms with Gasteiger partial charge in [-0.15, -0.1) is 0 Å². The highest BCUT2D eigenvalue weighted by Gasteiger charge is 2.46. The summed E-state index contributed by atoms with van der Waals surface area (Å²) in [5.74, 6) is -3.72. The highest BCUT2D eigenvalue weighted by molar-refractivity contribution is 6.01. The summed E-state index contributed by atoms with van der Waals surface area (Å²) in [5, 5.41) is 26.3. The SMILES string of the molecule is CC.Cc1ccc(Nc2c(C(=O)N3CC(O)(CNC4(CO)CCCC4)C3)ccc(F)c2F)c(F)c1. The Kier molecular flexibility index (Phi) is 8.46. The zero-order valence-corrected chi connectivity index (χ0v) is 20.4. The Morgan fingerprint density at radius 1 is 1.06 bits per heavy atom. The van der Waals surface area contributed by atoms with E-state index in [4.69, 9.17) is 0 Å². The maximum absolute atomic E-state index is 14.6.